The van der Waals surface area contributed by atoms with Gasteiger partial charge in [-0.3, -0.25) is 9.59 Å². The zero-order valence-corrected chi connectivity index (χ0v) is 15.6. The highest BCUT2D eigenvalue weighted by Crippen LogP contribution is 2.15. The van der Waals surface area contributed by atoms with Crippen LogP contribution in [0.25, 0.3) is 0 Å². The first-order valence-corrected chi connectivity index (χ1v) is 8.95. The van der Waals surface area contributed by atoms with E-state index >= 15 is 0 Å². The summed E-state index contributed by atoms with van der Waals surface area (Å²) in [4.78, 5) is 35.5. The highest BCUT2D eigenvalue weighted by Gasteiger charge is 2.15. The largest absolute Gasteiger partial charge is 0.493 e. The molecule has 2 aromatic carbocycles. The predicted octanol–water partition coefficient (Wildman–Crippen LogP) is 4.00. The molecule has 0 heterocycles. The summed E-state index contributed by atoms with van der Waals surface area (Å²) >= 11 is 0. The third-order valence-corrected chi connectivity index (χ3v) is 3.81. The molecule has 0 aliphatic carbocycles. The van der Waals surface area contributed by atoms with Crippen LogP contribution in [0, 0.1) is 5.92 Å². The van der Waals surface area contributed by atoms with E-state index in [1.54, 1.807) is 24.3 Å². The fraction of sp³-hybridized carbons (Fsp3) is 0.318. The molecule has 5 heteroatoms. The van der Waals surface area contributed by atoms with Gasteiger partial charge in [0.15, 0.2) is 5.78 Å². The molecule has 0 bridgehead atoms. The van der Waals surface area contributed by atoms with Gasteiger partial charge >= 0.3 is 5.97 Å². The molecule has 0 aromatic heterocycles. The van der Waals surface area contributed by atoms with E-state index in [4.69, 9.17) is 9.47 Å². The standard InChI is InChI=1S/C22H24O5/c1-16(2)14-21(24)18-8-10-19(11-9-18)26-13-12-20(23)22(25)27-15-17-6-4-3-5-7-17/h3-11,16H,12-15H2,1-2H3. The van der Waals surface area contributed by atoms with E-state index in [1.807, 2.05) is 44.2 Å². The molecule has 5 nitrogen and oxygen atoms in total. The van der Waals surface area contributed by atoms with Crippen molar-refractivity contribution in [3.63, 3.8) is 0 Å². The number of carbonyl (C=O) groups excluding carboxylic acids is 3. The van der Waals surface area contributed by atoms with Gasteiger partial charge in [0.1, 0.15) is 12.4 Å². The zero-order chi connectivity index (χ0) is 19.6. The molecular formula is C22H24O5. The van der Waals surface area contributed by atoms with Crippen LogP contribution >= 0.6 is 0 Å². The van der Waals surface area contributed by atoms with Gasteiger partial charge in [-0.25, -0.2) is 4.79 Å². The Balaban J connectivity index is 1.72. The quantitative estimate of drug-likeness (QED) is 0.360. The molecule has 0 radical (unpaired) electrons. The van der Waals surface area contributed by atoms with Crippen LogP contribution in [0.3, 0.4) is 0 Å². The molecule has 0 spiro atoms. The van der Waals surface area contributed by atoms with Crippen molar-refractivity contribution in [3.05, 3.63) is 65.7 Å². The van der Waals surface area contributed by atoms with Crippen LogP contribution in [0.15, 0.2) is 54.6 Å². The highest BCUT2D eigenvalue weighted by molar-refractivity contribution is 6.33. The van der Waals surface area contributed by atoms with Crippen molar-refractivity contribution in [2.75, 3.05) is 6.61 Å². The minimum atomic E-state index is -0.864. The summed E-state index contributed by atoms with van der Waals surface area (Å²) in [7, 11) is 0. The summed E-state index contributed by atoms with van der Waals surface area (Å²) in [5.74, 6) is -0.553. The minimum absolute atomic E-state index is 0.0676. The fourth-order valence-electron chi connectivity index (χ4n) is 2.39. The molecule has 0 fully saturated rings. The van der Waals surface area contributed by atoms with Crippen molar-refractivity contribution < 1.29 is 23.9 Å². The second kappa shape index (κ2) is 10.3. The summed E-state index contributed by atoms with van der Waals surface area (Å²) in [6.07, 6.45) is 0.432. The Morgan fingerprint density at radius 2 is 1.59 bits per heavy atom. The average Bonchev–Trinajstić information content (AvgIpc) is 2.66. The number of esters is 1. The predicted molar refractivity (Wildman–Crippen MR) is 102 cm³/mol. The smallest absolute Gasteiger partial charge is 0.375 e. The second-order valence-electron chi connectivity index (χ2n) is 6.63. The van der Waals surface area contributed by atoms with Crippen LogP contribution < -0.4 is 4.74 Å². The van der Waals surface area contributed by atoms with E-state index in [9.17, 15) is 14.4 Å². The molecule has 0 aliphatic rings. The molecule has 2 aromatic rings. The fourth-order valence-corrected chi connectivity index (χ4v) is 2.39. The molecule has 0 unspecified atom stereocenters. The lowest BCUT2D eigenvalue weighted by molar-refractivity contribution is -0.155. The number of hydrogen-bond donors (Lipinski definition) is 0. The van der Waals surface area contributed by atoms with E-state index in [0.717, 1.165) is 5.56 Å². The maximum Gasteiger partial charge on any atom is 0.375 e. The van der Waals surface area contributed by atoms with Crippen LogP contribution in [0.2, 0.25) is 0 Å². The summed E-state index contributed by atoms with van der Waals surface area (Å²) in [6.45, 7) is 4.13. The van der Waals surface area contributed by atoms with Crippen LogP contribution in [0.4, 0.5) is 0 Å². The molecule has 2 rings (SSSR count). The van der Waals surface area contributed by atoms with Crippen molar-refractivity contribution in [2.24, 2.45) is 5.92 Å². The van der Waals surface area contributed by atoms with Gasteiger partial charge in [0, 0.05) is 12.0 Å². The van der Waals surface area contributed by atoms with Crippen molar-refractivity contribution in [1.82, 2.24) is 0 Å². The Hall–Kier alpha value is -2.95. The summed E-state index contributed by atoms with van der Waals surface area (Å²) in [6, 6.07) is 15.9. The molecule has 0 amide bonds. The Labute approximate surface area is 159 Å². The maximum absolute atomic E-state index is 12.0. The number of hydrogen-bond acceptors (Lipinski definition) is 5. The first kappa shape index (κ1) is 20.4. The van der Waals surface area contributed by atoms with Gasteiger partial charge in [0.05, 0.1) is 13.0 Å². The van der Waals surface area contributed by atoms with Crippen molar-refractivity contribution in [1.29, 1.82) is 0 Å². The Morgan fingerprint density at radius 1 is 0.926 bits per heavy atom. The Bertz CT molecular complexity index is 763. The van der Waals surface area contributed by atoms with Crippen molar-refractivity contribution >= 4 is 17.5 Å². The monoisotopic (exact) mass is 368 g/mol. The maximum atomic E-state index is 12.0. The molecule has 0 N–H and O–H groups in total. The van der Waals surface area contributed by atoms with E-state index in [-0.39, 0.29) is 25.4 Å². The molecule has 0 saturated heterocycles. The van der Waals surface area contributed by atoms with Crippen LogP contribution in [-0.4, -0.2) is 24.1 Å². The molecular weight excluding hydrogens is 344 g/mol. The van der Waals surface area contributed by atoms with Crippen molar-refractivity contribution in [3.8, 4) is 5.75 Å². The van der Waals surface area contributed by atoms with E-state index in [2.05, 4.69) is 0 Å². The van der Waals surface area contributed by atoms with Gasteiger partial charge in [-0.15, -0.1) is 0 Å². The molecule has 0 atom stereocenters. The lowest BCUT2D eigenvalue weighted by Gasteiger charge is -2.08. The minimum Gasteiger partial charge on any atom is -0.493 e. The summed E-state index contributed by atoms with van der Waals surface area (Å²) in [5.41, 5.74) is 1.46. The van der Waals surface area contributed by atoms with Crippen LogP contribution in [0.1, 0.15) is 42.6 Å². The van der Waals surface area contributed by atoms with E-state index < -0.39 is 11.8 Å². The number of ketones is 2. The van der Waals surface area contributed by atoms with Crippen LogP contribution in [-0.2, 0) is 20.9 Å². The zero-order valence-electron chi connectivity index (χ0n) is 15.6. The topological polar surface area (TPSA) is 69.7 Å². The van der Waals surface area contributed by atoms with Gasteiger partial charge in [-0.1, -0.05) is 44.2 Å². The number of rotatable bonds is 10. The number of benzene rings is 2. The SMILES string of the molecule is CC(C)CC(=O)c1ccc(OCCC(=O)C(=O)OCc2ccccc2)cc1. The van der Waals surface area contributed by atoms with Crippen molar-refractivity contribution in [2.45, 2.75) is 33.3 Å². The summed E-state index contributed by atoms with van der Waals surface area (Å²) < 4.78 is 10.5. The van der Waals surface area contributed by atoms with Gasteiger partial charge in [-0.05, 0) is 35.7 Å². The number of Topliss-reactive ketones (excluding diaryl/α,β-unsaturated/α-hetero) is 2. The first-order chi connectivity index (χ1) is 13.0. The highest BCUT2D eigenvalue weighted by atomic mass is 16.5. The average molecular weight is 368 g/mol. The van der Waals surface area contributed by atoms with Crippen LogP contribution in [0.5, 0.6) is 5.75 Å². The lowest BCUT2D eigenvalue weighted by Crippen LogP contribution is -2.19. The summed E-state index contributed by atoms with van der Waals surface area (Å²) in [5, 5.41) is 0. The second-order valence-corrected chi connectivity index (χ2v) is 6.63. The van der Waals surface area contributed by atoms with Gasteiger partial charge in [0.2, 0.25) is 5.78 Å². The molecule has 0 saturated carbocycles. The number of carbonyl (C=O) groups is 3. The molecule has 0 aliphatic heterocycles. The number of ether oxygens (including phenoxy) is 2. The molecule has 142 valence electrons. The lowest BCUT2D eigenvalue weighted by atomic mass is 10.0. The Kier molecular flexibility index (Phi) is 7.74. The third kappa shape index (κ3) is 7.05. The molecule has 27 heavy (non-hydrogen) atoms. The third-order valence-electron chi connectivity index (χ3n) is 3.81. The van der Waals surface area contributed by atoms with Gasteiger partial charge in [-0.2, -0.15) is 0 Å². The van der Waals surface area contributed by atoms with Gasteiger partial charge in [0.25, 0.3) is 0 Å². The Morgan fingerprint density at radius 3 is 2.22 bits per heavy atom. The van der Waals surface area contributed by atoms with E-state index in [1.165, 1.54) is 0 Å². The normalized spacial score (nSPS) is 10.5. The van der Waals surface area contributed by atoms with E-state index in [0.29, 0.717) is 23.7 Å². The van der Waals surface area contributed by atoms with Gasteiger partial charge < -0.3 is 9.47 Å². The first-order valence-electron chi connectivity index (χ1n) is 8.95.